The molecule has 1 saturated heterocycles. The number of hydrogen-bond acceptors (Lipinski definition) is 4. The molecule has 1 atom stereocenters. The van der Waals surface area contributed by atoms with Crippen LogP contribution in [0.2, 0.25) is 0 Å². The van der Waals surface area contributed by atoms with Crippen LogP contribution in [0.25, 0.3) is 0 Å². The lowest BCUT2D eigenvalue weighted by Crippen LogP contribution is -2.48. The predicted octanol–water partition coefficient (Wildman–Crippen LogP) is 3.65. The Balaban J connectivity index is 0.000000369. The second-order valence-electron chi connectivity index (χ2n) is 7.03. The zero-order valence-corrected chi connectivity index (χ0v) is 17.0. The molecule has 1 fully saturated rings. The summed E-state index contributed by atoms with van der Waals surface area (Å²) in [5.74, 6) is 0.152. The second kappa shape index (κ2) is 10.4. The van der Waals surface area contributed by atoms with Crippen LogP contribution in [0.3, 0.4) is 0 Å². The van der Waals surface area contributed by atoms with Crippen LogP contribution in [0.5, 0.6) is 0 Å². The number of benzene rings is 2. The van der Waals surface area contributed by atoms with Crippen LogP contribution in [0, 0.1) is 6.92 Å². The molecule has 0 aromatic heterocycles. The normalized spacial score (nSPS) is 16.2. The highest BCUT2D eigenvalue weighted by Gasteiger charge is 2.40. The molecule has 4 nitrogen and oxygen atoms in total. The van der Waals surface area contributed by atoms with E-state index in [9.17, 15) is 4.79 Å². The summed E-state index contributed by atoms with van der Waals surface area (Å²) < 4.78 is 5.01. The Kier molecular flexibility index (Phi) is 8.17. The summed E-state index contributed by atoms with van der Waals surface area (Å²) in [6.07, 6.45) is 0.733. The van der Waals surface area contributed by atoms with Crippen LogP contribution >= 0.6 is 0 Å². The Labute approximate surface area is 163 Å². The van der Waals surface area contributed by atoms with Gasteiger partial charge in [-0.3, -0.25) is 9.69 Å². The van der Waals surface area contributed by atoms with Crippen molar-refractivity contribution in [2.24, 2.45) is 0 Å². The van der Waals surface area contributed by atoms with E-state index in [1.54, 1.807) is 0 Å². The van der Waals surface area contributed by atoms with Gasteiger partial charge in [-0.05, 0) is 33.0 Å². The first-order chi connectivity index (χ1) is 13.0. The summed E-state index contributed by atoms with van der Waals surface area (Å²) in [4.78, 5) is 15.2. The highest BCUT2D eigenvalue weighted by atomic mass is 16.5. The van der Waals surface area contributed by atoms with Crippen molar-refractivity contribution in [3.05, 3.63) is 71.3 Å². The fourth-order valence-corrected chi connectivity index (χ4v) is 3.45. The van der Waals surface area contributed by atoms with Gasteiger partial charge in [-0.25, -0.2) is 0 Å². The summed E-state index contributed by atoms with van der Waals surface area (Å²) in [6, 6.07) is 17.8. The van der Waals surface area contributed by atoms with Crippen molar-refractivity contribution in [3.8, 4) is 0 Å². The molecular formula is C23H32N2O2. The summed E-state index contributed by atoms with van der Waals surface area (Å²) in [6.45, 7) is 7.97. The first kappa shape index (κ1) is 21.3. The predicted molar refractivity (Wildman–Crippen MR) is 111 cm³/mol. The van der Waals surface area contributed by atoms with Gasteiger partial charge in [-0.1, -0.05) is 67.1 Å². The van der Waals surface area contributed by atoms with Gasteiger partial charge in [-0.2, -0.15) is 0 Å². The van der Waals surface area contributed by atoms with Gasteiger partial charge in [0.15, 0.2) is 5.78 Å². The smallest absolute Gasteiger partial charge is 0.187 e. The van der Waals surface area contributed by atoms with E-state index in [1.807, 2.05) is 49.3 Å². The molecule has 1 aliphatic rings. The molecule has 146 valence electrons. The number of carbonyl (C=O) groups excluding carboxylic acids is 1. The van der Waals surface area contributed by atoms with Crippen molar-refractivity contribution >= 4 is 5.78 Å². The van der Waals surface area contributed by atoms with Gasteiger partial charge in [0.1, 0.15) is 5.54 Å². The van der Waals surface area contributed by atoms with Crippen molar-refractivity contribution in [2.45, 2.75) is 25.8 Å². The largest absolute Gasteiger partial charge is 0.379 e. The Morgan fingerprint density at radius 3 is 2.04 bits per heavy atom. The van der Waals surface area contributed by atoms with E-state index >= 15 is 0 Å². The number of carbonyl (C=O) groups is 1. The molecule has 0 spiro atoms. The minimum atomic E-state index is -0.616. The van der Waals surface area contributed by atoms with E-state index in [4.69, 9.17) is 4.74 Å². The minimum absolute atomic E-state index is 0.152. The van der Waals surface area contributed by atoms with Crippen molar-refractivity contribution in [2.75, 3.05) is 40.4 Å². The molecule has 0 radical (unpaired) electrons. The topological polar surface area (TPSA) is 41.6 Å². The molecule has 3 rings (SSSR count). The van der Waals surface area contributed by atoms with E-state index in [2.05, 4.69) is 43.4 Å². The maximum absolute atomic E-state index is 13.2. The van der Waals surface area contributed by atoms with Crippen LogP contribution in [-0.2, 0) is 10.3 Å². The van der Waals surface area contributed by atoms with Gasteiger partial charge < -0.3 is 10.1 Å². The van der Waals surface area contributed by atoms with Gasteiger partial charge in [0, 0.05) is 18.7 Å². The van der Waals surface area contributed by atoms with Crippen LogP contribution in [0.1, 0.15) is 34.8 Å². The molecule has 2 aromatic carbocycles. The number of ether oxygens (including phenoxy) is 1. The molecule has 2 aromatic rings. The summed E-state index contributed by atoms with van der Waals surface area (Å²) in [5.41, 5.74) is 2.40. The van der Waals surface area contributed by atoms with Gasteiger partial charge in [0.25, 0.3) is 0 Å². The Morgan fingerprint density at radius 1 is 1.04 bits per heavy atom. The van der Waals surface area contributed by atoms with Crippen molar-refractivity contribution in [3.63, 3.8) is 0 Å². The number of hydrogen-bond donors (Lipinski definition) is 1. The van der Waals surface area contributed by atoms with Crippen LogP contribution in [-0.4, -0.2) is 51.1 Å². The van der Waals surface area contributed by atoms with Crippen LogP contribution in [0.15, 0.2) is 54.6 Å². The first-order valence-electron chi connectivity index (χ1n) is 9.65. The molecule has 1 heterocycles. The number of nitrogens with zero attached hydrogens (tertiary/aromatic N) is 1. The van der Waals surface area contributed by atoms with Crippen molar-refractivity contribution in [1.82, 2.24) is 10.2 Å². The molecule has 27 heavy (non-hydrogen) atoms. The quantitative estimate of drug-likeness (QED) is 0.818. The first-order valence-corrected chi connectivity index (χ1v) is 9.65. The van der Waals surface area contributed by atoms with E-state index < -0.39 is 5.54 Å². The summed E-state index contributed by atoms with van der Waals surface area (Å²) in [7, 11) is 3.95. The molecule has 0 aliphatic carbocycles. The lowest BCUT2D eigenvalue weighted by atomic mass is 9.79. The molecule has 1 unspecified atom stereocenters. The number of aryl methyl sites for hydroxylation is 1. The number of rotatable bonds is 5. The lowest BCUT2D eigenvalue weighted by Gasteiger charge is -2.38. The highest BCUT2D eigenvalue weighted by molar-refractivity contribution is 6.03. The third kappa shape index (κ3) is 5.25. The zero-order valence-electron chi connectivity index (χ0n) is 17.0. The maximum atomic E-state index is 13.2. The van der Waals surface area contributed by atoms with Crippen LogP contribution < -0.4 is 5.32 Å². The Hall–Kier alpha value is -2.01. The average Bonchev–Trinajstić information content (AvgIpc) is 2.72. The van der Waals surface area contributed by atoms with Crippen LogP contribution in [0.4, 0.5) is 0 Å². The molecule has 0 saturated carbocycles. The molecular weight excluding hydrogens is 336 g/mol. The van der Waals surface area contributed by atoms with Crippen molar-refractivity contribution in [1.29, 1.82) is 0 Å². The minimum Gasteiger partial charge on any atom is -0.379 e. The van der Waals surface area contributed by atoms with E-state index in [0.29, 0.717) is 0 Å². The van der Waals surface area contributed by atoms with E-state index in [1.165, 1.54) is 5.56 Å². The third-order valence-electron chi connectivity index (χ3n) is 5.06. The van der Waals surface area contributed by atoms with Crippen molar-refractivity contribution < 1.29 is 9.53 Å². The number of Topliss-reactive ketones (excluding diaryl/α,β-unsaturated/α-hetero) is 1. The van der Waals surface area contributed by atoms with Gasteiger partial charge in [0.2, 0.25) is 0 Å². The second-order valence-corrected chi connectivity index (χ2v) is 7.03. The van der Waals surface area contributed by atoms with Gasteiger partial charge in [0.05, 0.1) is 13.2 Å². The number of likely N-dealkylation sites (N-methyl/N-ethyl adjacent to an activating group) is 1. The molecule has 1 N–H and O–H groups in total. The molecule has 4 heteroatoms. The fraction of sp³-hybridized carbons (Fsp3) is 0.435. The lowest BCUT2D eigenvalue weighted by molar-refractivity contribution is 0.0660. The average molecular weight is 369 g/mol. The van der Waals surface area contributed by atoms with Gasteiger partial charge >= 0.3 is 0 Å². The molecule has 1 aliphatic heterocycles. The SMILES string of the molecule is C1COCCN1.CCC(C(=O)c1ccccc1)(c1ccc(C)cc1)N(C)C. The summed E-state index contributed by atoms with van der Waals surface area (Å²) in [5, 5.41) is 3.16. The Bertz CT molecular complexity index is 683. The number of morpholine rings is 1. The van der Waals surface area contributed by atoms with E-state index in [0.717, 1.165) is 43.9 Å². The standard InChI is InChI=1S/C19H23NO.C4H9NO/c1-5-19(20(3)4,17-13-11-15(2)12-14-17)18(21)16-9-7-6-8-10-16;1-3-6-4-2-5-1/h6-14H,5H2,1-4H3;5H,1-4H2. The number of nitrogens with one attached hydrogen (secondary N) is 1. The van der Waals surface area contributed by atoms with Gasteiger partial charge in [-0.15, -0.1) is 0 Å². The summed E-state index contributed by atoms with van der Waals surface area (Å²) >= 11 is 0. The zero-order chi connectivity index (χ0) is 19.7. The Morgan fingerprint density at radius 2 is 1.63 bits per heavy atom. The monoisotopic (exact) mass is 368 g/mol. The number of ketones is 1. The highest BCUT2D eigenvalue weighted by Crippen LogP contribution is 2.34. The molecule has 0 bridgehead atoms. The third-order valence-corrected chi connectivity index (χ3v) is 5.06. The fourth-order valence-electron chi connectivity index (χ4n) is 3.45. The van der Waals surface area contributed by atoms with E-state index in [-0.39, 0.29) is 5.78 Å². The molecule has 0 amide bonds. The maximum Gasteiger partial charge on any atom is 0.187 e.